The zero-order valence-corrected chi connectivity index (χ0v) is 14.9. The summed E-state index contributed by atoms with van der Waals surface area (Å²) in [5, 5.41) is 21.6. The highest BCUT2D eigenvalue weighted by Gasteiger charge is 2.55. The summed E-state index contributed by atoms with van der Waals surface area (Å²) in [6.45, 7) is 5.90. The molecule has 1 aromatic rings. The van der Waals surface area contributed by atoms with Gasteiger partial charge in [-0.15, -0.1) is 0 Å². The number of nitrogens with zero attached hydrogens (tertiary/aromatic N) is 2. The summed E-state index contributed by atoms with van der Waals surface area (Å²) in [6, 6.07) is 5.79. The van der Waals surface area contributed by atoms with Crippen molar-refractivity contribution in [1.29, 1.82) is 0 Å². The van der Waals surface area contributed by atoms with Crippen LogP contribution in [0, 0.1) is 5.41 Å². The Morgan fingerprint density at radius 1 is 1.17 bits per heavy atom. The first-order chi connectivity index (χ1) is 11.4. The summed E-state index contributed by atoms with van der Waals surface area (Å²) in [7, 11) is 3.21. The molecule has 2 N–H and O–H groups in total. The number of hydrazone groups is 1. The van der Waals surface area contributed by atoms with Crippen molar-refractivity contribution < 1.29 is 14.6 Å². The molecular weight excluding hydrogens is 306 g/mol. The average Bonchev–Trinajstić information content (AvgIpc) is 2.85. The highest BCUT2D eigenvalue weighted by Crippen LogP contribution is 2.48. The minimum Gasteiger partial charge on any atom is -0.493 e. The molecule has 1 aromatic carbocycles. The third-order valence-corrected chi connectivity index (χ3v) is 5.18. The highest BCUT2D eigenvalue weighted by atomic mass is 16.5. The monoisotopic (exact) mass is 333 g/mol. The summed E-state index contributed by atoms with van der Waals surface area (Å²) in [4.78, 5) is 0. The normalized spacial score (nSPS) is 26.6. The molecule has 0 aromatic heterocycles. The second kappa shape index (κ2) is 6.26. The van der Waals surface area contributed by atoms with Gasteiger partial charge >= 0.3 is 0 Å². The Kier molecular flexibility index (Phi) is 4.44. The van der Waals surface area contributed by atoms with Crippen molar-refractivity contribution in [2.24, 2.45) is 10.5 Å². The van der Waals surface area contributed by atoms with Crippen molar-refractivity contribution in [2.75, 3.05) is 27.3 Å². The molecule has 1 fully saturated rings. The number of rotatable bonds is 4. The summed E-state index contributed by atoms with van der Waals surface area (Å²) in [5.74, 6) is 1.26. The van der Waals surface area contributed by atoms with Crippen LogP contribution in [0.25, 0.3) is 0 Å². The lowest BCUT2D eigenvalue weighted by Crippen LogP contribution is -2.55. The molecule has 0 amide bonds. The van der Waals surface area contributed by atoms with Crippen molar-refractivity contribution in [1.82, 2.24) is 10.3 Å². The van der Waals surface area contributed by atoms with E-state index in [1.165, 1.54) is 0 Å². The number of hydrogen-bond acceptors (Lipinski definition) is 6. The largest absolute Gasteiger partial charge is 0.493 e. The van der Waals surface area contributed by atoms with Crippen molar-refractivity contribution in [2.45, 2.75) is 38.5 Å². The van der Waals surface area contributed by atoms with Crippen LogP contribution < -0.4 is 14.8 Å². The summed E-state index contributed by atoms with van der Waals surface area (Å²) in [6.07, 6.45) is 3.78. The van der Waals surface area contributed by atoms with Gasteiger partial charge in [0.15, 0.2) is 17.2 Å². The van der Waals surface area contributed by atoms with Crippen molar-refractivity contribution in [3.8, 4) is 11.5 Å². The standard InChI is InChI=1S/C18H27N3O3/c1-17(2)12-20-21(14-7-9-19-10-8-14)18(17,22)13-5-6-15(23-3)16(11-13)24-4/h5-6,11-12,14,19,22H,7-10H2,1-4H3. The number of piperidine rings is 1. The topological polar surface area (TPSA) is 66.3 Å². The molecule has 1 unspecified atom stereocenters. The number of aliphatic hydroxyl groups is 1. The van der Waals surface area contributed by atoms with E-state index in [4.69, 9.17) is 9.47 Å². The van der Waals surface area contributed by atoms with Crippen LogP contribution in [-0.2, 0) is 5.72 Å². The van der Waals surface area contributed by atoms with E-state index >= 15 is 0 Å². The number of nitrogens with one attached hydrogen (secondary N) is 1. The maximum Gasteiger partial charge on any atom is 0.190 e. The number of ether oxygens (including phenoxy) is 2. The van der Waals surface area contributed by atoms with E-state index in [0.29, 0.717) is 11.5 Å². The first-order valence-electron chi connectivity index (χ1n) is 8.44. The van der Waals surface area contributed by atoms with Crippen LogP contribution >= 0.6 is 0 Å². The van der Waals surface area contributed by atoms with Crippen LogP contribution in [0.15, 0.2) is 23.3 Å². The van der Waals surface area contributed by atoms with E-state index in [1.807, 2.05) is 43.3 Å². The maximum absolute atomic E-state index is 11.8. The van der Waals surface area contributed by atoms with Gasteiger partial charge in [0.05, 0.1) is 25.7 Å². The molecule has 6 nitrogen and oxygen atoms in total. The van der Waals surface area contributed by atoms with Crippen LogP contribution in [0.3, 0.4) is 0 Å². The molecule has 3 rings (SSSR count). The molecule has 2 aliphatic rings. The molecule has 2 heterocycles. The highest BCUT2D eigenvalue weighted by molar-refractivity contribution is 5.70. The van der Waals surface area contributed by atoms with Crippen molar-refractivity contribution in [3.05, 3.63) is 23.8 Å². The first kappa shape index (κ1) is 17.0. The Morgan fingerprint density at radius 2 is 1.83 bits per heavy atom. The Labute approximate surface area is 143 Å². The molecule has 132 valence electrons. The van der Waals surface area contributed by atoms with Gasteiger partial charge in [-0.3, -0.25) is 5.01 Å². The van der Waals surface area contributed by atoms with Gasteiger partial charge in [-0.25, -0.2) is 0 Å². The molecule has 0 spiro atoms. The van der Waals surface area contributed by atoms with E-state index in [0.717, 1.165) is 31.5 Å². The molecule has 2 aliphatic heterocycles. The molecule has 1 atom stereocenters. The first-order valence-corrected chi connectivity index (χ1v) is 8.44. The van der Waals surface area contributed by atoms with Crippen LogP contribution in [0.2, 0.25) is 0 Å². The minimum absolute atomic E-state index is 0.211. The molecule has 0 saturated carbocycles. The number of hydrogen-bond donors (Lipinski definition) is 2. The Morgan fingerprint density at radius 3 is 2.46 bits per heavy atom. The lowest BCUT2D eigenvalue weighted by molar-refractivity contribution is -0.173. The third-order valence-electron chi connectivity index (χ3n) is 5.18. The van der Waals surface area contributed by atoms with E-state index in [1.54, 1.807) is 14.2 Å². The fourth-order valence-electron chi connectivity index (χ4n) is 3.64. The van der Waals surface area contributed by atoms with Gasteiger partial charge in [-0.2, -0.15) is 5.10 Å². The molecule has 0 radical (unpaired) electrons. The molecule has 6 heteroatoms. The molecule has 24 heavy (non-hydrogen) atoms. The SMILES string of the molecule is COc1ccc(C2(O)N(C3CCNCC3)N=CC2(C)C)cc1OC. The van der Waals surface area contributed by atoms with Crippen LogP contribution in [0.5, 0.6) is 11.5 Å². The Hall–Kier alpha value is -1.79. The second-order valence-corrected chi connectivity index (χ2v) is 7.03. The lowest BCUT2D eigenvalue weighted by atomic mass is 9.77. The summed E-state index contributed by atoms with van der Waals surface area (Å²) in [5.41, 5.74) is -0.965. The quantitative estimate of drug-likeness (QED) is 0.881. The van der Waals surface area contributed by atoms with Crippen molar-refractivity contribution >= 4 is 6.21 Å². The Balaban J connectivity index is 2.03. The fourth-order valence-corrected chi connectivity index (χ4v) is 3.64. The molecular formula is C18H27N3O3. The predicted molar refractivity (Wildman–Crippen MR) is 93.4 cm³/mol. The Bertz CT molecular complexity index is 626. The fraction of sp³-hybridized carbons (Fsp3) is 0.611. The summed E-state index contributed by atoms with van der Waals surface area (Å²) < 4.78 is 10.7. The zero-order chi connectivity index (χ0) is 17.4. The van der Waals surface area contributed by atoms with Gasteiger partial charge in [0.25, 0.3) is 0 Å². The maximum atomic E-state index is 11.8. The van der Waals surface area contributed by atoms with Gasteiger partial charge in [0.2, 0.25) is 0 Å². The van der Waals surface area contributed by atoms with E-state index in [9.17, 15) is 5.11 Å². The van der Waals surface area contributed by atoms with Crippen molar-refractivity contribution in [3.63, 3.8) is 0 Å². The van der Waals surface area contributed by atoms with E-state index in [-0.39, 0.29) is 6.04 Å². The third kappa shape index (κ3) is 2.54. The van der Waals surface area contributed by atoms with Crippen LogP contribution in [-0.4, -0.2) is 49.7 Å². The second-order valence-electron chi connectivity index (χ2n) is 7.03. The van der Waals surface area contributed by atoms with Gasteiger partial charge in [-0.1, -0.05) is 6.07 Å². The number of methoxy groups -OCH3 is 2. The average molecular weight is 333 g/mol. The molecule has 0 bridgehead atoms. The molecule has 0 aliphatic carbocycles. The molecule has 1 saturated heterocycles. The van der Waals surface area contributed by atoms with Gasteiger partial charge in [0.1, 0.15) is 0 Å². The van der Waals surface area contributed by atoms with E-state index < -0.39 is 11.1 Å². The zero-order valence-electron chi connectivity index (χ0n) is 14.9. The predicted octanol–water partition coefficient (Wildman–Crippen LogP) is 1.93. The van der Waals surface area contributed by atoms with E-state index in [2.05, 4.69) is 10.4 Å². The summed E-state index contributed by atoms with van der Waals surface area (Å²) >= 11 is 0. The van der Waals surface area contributed by atoms with Gasteiger partial charge < -0.3 is 19.9 Å². The minimum atomic E-state index is -1.21. The van der Waals surface area contributed by atoms with Gasteiger partial charge in [0, 0.05) is 11.8 Å². The number of benzene rings is 1. The van der Waals surface area contributed by atoms with Crippen LogP contribution in [0.1, 0.15) is 32.3 Å². The van der Waals surface area contributed by atoms with Gasteiger partial charge in [-0.05, 0) is 51.9 Å². The smallest absolute Gasteiger partial charge is 0.190 e. The van der Waals surface area contributed by atoms with Crippen LogP contribution in [0.4, 0.5) is 0 Å². The lowest BCUT2D eigenvalue weighted by Gasteiger charge is -2.46.